The minimum atomic E-state index is -3.40. The highest BCUT2D eigenvalue weighted by Gasteiger charge is 2.31. The summed E-state index contributed by atoms with van der Waals surface area (Å²) in [5.41, 5.74) is 0. The minimum absolute atomic E-state index is 0.148. The summed E-state index contributed by atoms with van der Waals surface area (Å²) in [6.07, 6.45) is 5.06. The molecule has 1 aliphatic rings. The molecule has 1 aromatic rings. The van der Waals surface area contributed by atoms with E-state index in [-0.39, 0.29) is 5.03 Å². The number of rotatable bonds is 3. The molecule has 0 saturated carbocycles. The molecular formula is C10H16BrN3O2S. The number of aryl methyl sites for hydroxylation is 1. The van der Waals surface area contributed by atoms with Gasteiger partial charge in [0.15, 0.2) is 5.03 Å². The maximum atomic E-state index is 12.3. The Morgan fingerprint density at radius 2 is 2.35 bits per heavy atom. The first kappa shape index (κ1) is 13.0. The monoisotopic (exact) mass is 321 g/mol. The first-order valence-electron chi connectivity index (χ1n) is 5.58. The molecule has 5 nitrogen and oxygen atoms in total. The van der Waals surface area contributed by atoms with E-state index in [9.17, 15) is 8.42 Å². The molecule has 0 bridgehead atoms. The standard InChI is InChI=1S/C10H16BrN3O2S/c1-13-7-10(12-8-13)17(15,16)14-4-2-3-9(5-11)6-14/h7-9H,2-6H2,1H3. The Morgan fingerprint density at radius 1 is 1.59 bits per heavy atom. The molecular weight excluding hydrogens is 306 g/mol. The van der Waals surface area contributed by atoms with E-state index in [2.05, 4.69) is 20.9 Å². The molecule has 96 valence electrons. The van der Waals surface area contributed by atoms with Crippen LogP contribution in [0.25, 0.3) is 0 Å². The van der Waals surface area contributed by atoms with Crippen LogP contribution in [0, 0.1) is 5.92 Å². The first-order chi connectivity index (χ1) is 8.04. The molecule has 1 unspecified atom stereocenters. The van der Waals surface area contributed by atoms with Crippen LogP contribution < -0.4 is 0 Å². The molecule has 1 fully saturated rings. The van der Waals surface area contributed by atoms with E-state index in [1.165, 1.54) is 6.33 Å². The van der Waals surface area contributed by atoms with Gasteiger partial charge in [0.2, 0.25) is 0 Å². The fourth-order valence-corrected chi connectivity index (χ4v) is 4.07. The van der Waals surface area contributed by atoms with Gasteiger partial charge in [0.1, 0.15) is 0 Å². The van der Waals surface area contributed by atoms with Crippen molar-refractivity contribution >= 4 is 26.0 Å². The first-order valence-corrected chi connectivity index (χ1v) is 8.14. The number of alkyl halides is 1. The van der Waals surface area contributed by atoms with E-state index in [0.29, 0.717) is 19.0 Å². The minimum Gasteiger partial charge on any atom is -0.339 e. The van der Waals surface area contributed by atoms with Crippen molar-refractivity contribution in [2.75, 3.05) is 18.4 Å². The number of hydrogen-bond acceptors (Lipinski definition) is 3. The molecule has 0 radical (unpaired) electrons. The summed E-state index contributed by atoms with van der Waals surface area (Å²) in [5, 5.41) is 0.997. The van der Waals surface area contributed by atoms with E-state index in [0.717, 1.165) is 18.2 Å². The molecule has 7 heteroatoms. The molecule has 0 N–H and O–H groups in total. The van der Waals surface area contributed by atoms with Gasteiger partial charge in [0.05, 0.1) is 6.33 Å². The van der Waals surface area contributed by atoms with E-state index < -0.39 is 10.0 Å². The molecule has 0 aliphatic carbocycles. The molecule has 17 heavy (non-hydrogen) atoms. The van der Waals surface area contributed by atoms with Gasteiger partial charge in [-0.15, -0.1) is 0 Å². The molecule has 1 saturated heterocycles. The smallest absolute Gasteiger partial charge is 0.262 e. The van der Waals surface area contributed by atoms with Crippen LogP contribution in [0.3, 0.4) is 0 Å². The van der Waals surface area contributed by atoms with Crippen molar-refractivity contribution in [2.24, 2.45) is 13.0 Å². The van der Waals surface area contributed by atoms with Gasteiger partial charge in [-0.2, -0.15) is 4.31 Å². The fourth-order valence-electron chi connectivity index (χ4n) is 2.03. The lowest BCUT2D eigenvalue weighted by Gasteiger charge is -2.30. The molecule has 0 amide bonds. The van der Waals surface area contributed by atoms with Crippen molar-refractivity contribution in [2.45, 2.75) is 17.9 Å². The van der Waals surface area contributed by atoms with Crippen molar-refractivity contribution in [1.29, 1.82) is 0 Å². The zero-order valence-electron chi connectivity index (χ0n) is 9.71. The Kier molecular flexibility index (Phi) is 3.89. The average molecular weight is 322 g/mol. The molecule has 1 atom stereocenters. The van der Waals surface area contributed by atoms with Crippen LogP contribution in [0.1, 0.15) is 12.8 Å². The van der Waals surface area contributed by atoms with Crippen molar-refractivity contribution in [3.63, 3.8) is 0 Å². The third-order valence-electron chi connectivity index (χ3n) is 2.99. The average Bonchev–Trinajstić information content (AvgIpc) is 2.76. The lowest BCUT2D eigenvalue weighted by atomic mass is 10.0. The summed E-state index contributed by atoms with van der Waals surface area (Å²) < 4.78 is 27.8. The second-order valence-electron chi connectivity index (χ2n) is 4.40. The van der Waals surface area contributed by atoms with Crippen molar-refractivity contribution in [1.82, 2.24) is 13.9 Å². The second kappa shape index (κ2) is 5.07. The van der Waals surface area contributed by atoms with Crippen molar-refractivity contribution < 1.29 is 8.42 Å². The molecule has 0 spiro atoms. The van der Waals surface area contributed by atoms with Gasteiger partial charge in [-0.05, 0) is 18.8 Å². The summed E-state index contributed by atoms with van der Waals surface area (Å²) >= 11 is 3.42. The zero-order valence-corrected chi connectivity index (χ0v) is 12.1. The number of aromatic nitrogens is 2. The Hall–Kier alpha value is -0.400. The fraction of sp³-hybridized carbons (Fsp3) is 0.700. The number of piperidine rings is 1. The number of hydrogen-bond donors (Lipinski definition) is 0. The van der Waals surface area contributed by atoms with E-state index in [4.69, 9.17) is 0 Å². The van der Waals surface area contributed by atoms with Crippen molar-refractivity contribution in [3.8, 4) is 0 Å². The Morgan fingerprint density at radius 3 is 2.94 bits per heavy atom. The number of halogens is 1. The van der Waals surface area contributed by atoms with Crippen LogP contribution in [-0.4, -0.2) is 40.7 Å². The van der Waals surface area contributed by atoms with Crippen LogP contribution in [0.15, 0.2) is 17.6 Å². The Bertz CT molecular complexity index is 485. The molecule has 2 heterocycles. The van der Waals surface area contributed by atoms with Crippen LogP contribution in [0.5, 0.6) is 0 Å². The molecule has 2 rings (SSSR count). The summed E-state index contributed by atoms with van der Waals surface area (Å²) in [4.78, 5) is 3.94. The topological polar surface area (TPSA) is 55.2 Å². The highest BCUT2D eigenvalue weighted by Crippen LogP contribution is 2.23. The van der Waals surface area contributed by atoms with Gasteiger partial charge in [0, 0.05) is 31.7 Å². The van der Waals surface area contributed by atoms with Gasteiger partial charge in [-0.25, -0.2) is 13.4 Å². The summed E-state index contributed by atoms with van der Waals surface area (Å²) in [7, 11) is -1.64. The van der Waals surface area contributed by atoms with Gasteiger partial charge in [0.25, 0.3) is 10.0 Å². The van der Waals surface area contributed by atoms with Crippen LogP contribution in [0.4, 0.5) is 0 Å². The summed E-state index contributed by atoms with van der Waals surface area (Å²) in [6, 6.07) is 0. The second-order valence-corrected chi connectivity index (χ2v) is 6.94. The van der Waals surface area contributed by atoms with E-state index >= 15 is 0 Å². The van der Waals surface area contributed by atoms with Crippen LogP contribution in [-0.2, 0) is 17.1 Å². The number of imidazole rings is 1. The van der Waals surface area contributed by atoms with Crippen LogP contribution >= 0.6 is 15.9 Å². The lowest BCUT2D eigenvalue weighted by molar-refractivity contribution is 0.285. The van der Waals surface area contributed by atoms with Gasteiger partial charge < -0.3 is 4.57 Å². The Labute approximate surface area is 110 Å². The SMILES string of the molecule is Cn1cnc(S(=O)(=O)N2CCCC(CBr)C2)c1. The highest BCUT2D eigenvalue weighted by atomic mass is 79.9. The summed E-state index contributed by atoms with van der Waals surface area (Å²) in [6.45, 7) is 1.19. The van der Waals surface area contributed by atoms with Gasteiger partial charge in [-0.3, -0.25) is 0 Å². The normalized spacial score (nSPS) is 22.8. The van der Waals surface area contributed by atoms with Crippen LogP contribution in [0.2, 0.25) is 0 Å². The van der Waals surface area contributed by atoms with Gasteiger partial charge >= 0.3 is 0 Å². The van der Waals surface area contributed by atoms with Crippen molar-refractivity contribution in [3.05, 3.63) is 12.5 Å². The Balaban J connectivity index is 2.21. The lowest BCUT2D eigenvalue weighted by Crippen LogP contribution is -2.40. The van der Waals surface area contributed by atoms with Gasteiger partial charge in [-0.1, -0.05) is 15.9 Å². The molecule has 1 aromatic heterocycles. The summed E-state index contributed by atoms with van der Waals surface area (Å²) in [5.74, 6) is 0.405. The third-order valence-corrected chi connectivity index (χ3v) is 5.65. The quantitative estimate of drug-likeness (QED) is 0.786. The maximum absolute atomic E-state index is 12.3. The zero-order chi connectivity index (χ0) is 12.5. The van der Waals surface area contributed by atoms with E-state index in [1.54, 1.807) is 22.1 Å². The number of nitrogens with zero attached hydrogens (tertiary/aromatic N) is 3. The van der Waals surface area contributed by atoms with E-state index in [1.807, 2.05) is 0 Å². The largest absolute Gasteiger partial charge is 0.339 e. The maximum Gasteiger partial charge on any atom is 0.262 e. The predicted octanol–water partition coefficient (Wildman–Crippen LogP) is 1.22. The third kappa shape index (κ3) is 2.71. The number of sulfonamides is 1. The highest BCUT2D eigenvalue weighted by molar-refractivity contribution is 9.09. The predicted molar refractivity (Wildman–Crippen MR) is 68.5 cm³/mol. The molecule has 0 aromatic carbocycles. The molecule has 1 aliphatic heterocycles.